The van der Waals surface area contributed by atoms with Crippen molar-refractivity contribution >= 4 is 0 Å². The third kappa shape index (κ3) is 4.42. The molecule has 1 aliphatic rings. The fourth-order valence-corrected chi connectivity index (χ4v) is 2.19. The summed E-state index contributed by atoms with van der Waals surface area (Å²) in [7, 11) is 2.19. The number of nitrogens with one attached hydrogen (secondary N) is 2. The SMILES string of the molecule is CN1CCNC(CCNCc2ccncc2)C1. The summed E-state index contributed by atoms with van der Waals surface area (Å²) in [6.45, 7) is 5.45. The molecule has 1 aromatic rings. The van der Waals surface area contributed by atoms with E-state index in [1.54, 1.807) is 0 Å². The third-order valence-electron chi connectivity index (χ3n) is 3.21. The summed E-state index contributed by atoms with van der Waals surface area (Å²) in [6.07, 6.45) is 4.87. The summed E-state index contributed by atoms with van der Waals surface area (Å²) >= 11 is 0. The topological polar surface area (TPSA) is 40.2 Å². The van der Waals surface area contributed by atoms with Crippen LogP contribution in [0.5, 0.6) is 0 Å². The van der Waals surface area contributed by atoms with E-state index in [1.807, 2.05) is 12.4 Å². The van der Waals surface area contributed by atoms with Gasteiger partial charge in [-0.25, -0.2) is 0 Å². The lowest BCUT2D eigenvalue weighted by molar-refractivity contribution is 0.231. The highest BCUT2D eigenvalue weighted by molar-refractivity contribution is 5.08. The van der Waals surface area contributed by atoms with Crippen molar-refractivity contribution in [2.24, 2.45) is 0 Å². The first-order valence-corrected chi connectivity index (χ1v) is 6.36. The Morgan fingerprint density at radius 3 is 3.06 bits per heavy atom. The second-order valence-electron chi connectivity index (χ2n) is 4.73. The maximum atomic E-state index is 4.01. The van der Waals surface area contributed by atoms with E-state index in [-0.39, 0.29) is 0 Å². The van der Waals surface area contributed by atoms with Crippen LogP contribution in [0.15, 0.2) is 24.5 Å². The van der Waals surface area contributed by atoms with Crippen LogP contribution in [-0.4, -0.2) is 49.2 Å². The van der Waals surface area contributed by atoms with Gasteiger partial charge in [-0.2, -0.15) is 0 Å². The monoisotopic (exact) mass is 234 g/mol. The molecule has 2 N–H and O–H groups in total. The van der Waals surface area contributed by atoms with E-state index in [2.05, 4.69) is 39.7 Å². The average Bonchev–Trinajstić information content (AvgIpc) is 2.36. The van der Waals surface area contributed by atoms with Crippen LogP contribution in [0.25, 0.3) is 0 Å². The summed E-state index contributed by atoms with van der Waals surface area (Å²) in [5.74, 6) is 0. The minimum absolute atomic E-state index is 0.638. The first kappa shape index (κ1) is 12.5. The fraction of sp³-hybridized carbons (Fsp3) is 0.615. The van der Waals surface area contributed by atoms with Gasteiger partial charge in [0.15, 0.2) is 0 Å². The molecule has 0 aliphatic carbocycles. The molecule has 2 rings (SSSR count). The minimum atomic E-state index is 0.638. The maximum absolute atomic E-state index is 4.01. The number of likely N-dealkylation sites (N-methyl/N-ethyl adjacent to an activating group) is 1. The molecule has 0 spiro atoms. The molecule has 1 saturated heterocycles. The standard InChI is InChI=1S/C13H22N4/c1-17-9-8-16-13(11-17)4-7-15-10-12-2-5-14-6-3-12/h2-3,5-6,13,15-16H,4,7-11H2,1H3. The van der Waals surface area contributed by atoms with E-state index >= 15 is 0 Å². The van der Waals surface area contributed by atoms with E-state index in [1.165, 1.54) is 18.5 Å². The van der Waals surface area contributed by atoms with Crippen molar-refractivity contribution < 1.29 is 0 Å². The van der Waals surface area contributed by atoms with Gasteiger partial charge in [-0.05, 0) is 37.7 Å². The Morgan fingerprint density at radius 2 is 2.29 bits per heavy atom. The van der Waals surface area contributed by atoms with Crippen molar-refractivity contribution in [2.75, 3.05) is 33.2 Å². The van der Waals surface area contributed by atoms with Gasteiger partial charge in [0.1, 0.15) is 0 Å². The predicted octanol–water partition coefficient (Wildman–Crippen LogP) is 0.465. The van der Waals surface area contributed by atoms with Crippen molar-refractivity contribution in [3.8, 4) is 0 Å². The Hall–Kier alpha value is -0.970. The summed E-state index contributed by atoms with van der Waals surface area (Å²) in [5, 5.41) is 7.03. The molecule has 1 fully saturated rings. The fourth-order valence-electron chi connectivity index (χ4n) is 2.19. The molecular weight excluding hydrogens is 212 g/mol. The van der Waals surface area contributed by atoms with Crippen molar-refractivity contribution in [1.82, 2.24) is 20.5 Å². The number of rotatable bonds is 5. The number of hydrogen-bond donors (Lipinski definition) is 2. The highest BCUT2D eigenvalue weighted by Gasteiger charge is 2.15. The lowest BCUT2D eigenvalue weighted by atomic mass is 10.1. The van der Waals surface area contributed by atoms with Gasteiger partial charge >= 0.3 is 0 Å². The predicted molar refractivity (Wildman–Crippen MR) is 69.8 cm³/mol. The Labute approximate surface area is 103 Å². The normalized spacial score (nSPS) is 21.6. The van der Waals surface area contributed by atoms with Gasteiger partial charge in [0, 0.05) is 44.6 Å². The second-order valence-corrected chi connectivity index (χ2v) is 4.73. The summed E-state index contributed by atoms with van der Waals surface area (Å²) in [5.41, 5.74) is 1.30. The molecule has 0 radical (unpaired) electrons. The minimum Gasteiger partial charge on any atom is -0.313 e. The molecule has 4 nitrogen and oxygen atoms in total. The quantitative estimate of drug-likeness (QED) is 0.726. The molecule has 0 bridgehead atoms. The van der Waals surface area contributed by atoms with Crippen molar-refractivity contribution in [1.29, 1.82) is 0 Å². The molecule has 0 amide bonds. The van der Waals surface area contributed by atoms with E-state index in [9.17, 15) is 0 Å². The Morgan fingerprint density at radius 1 is 1.47 bits per heavy atom. The Kier molecular flexibility index (Phi) is 4.91. The Balaban J connectivity index is 1.60. The van der Waals surface area contributed by atoms with Gasteiger partial charge in [-0.15, -0.1) is 0 Å². The van der Waals surface area contributed by atoms with Crippen LogP contribution < -0.4 is 10.6 Å². The van der Waals surface area contributed by atoms with Gasteiger partial charge in [0.05, 0.1) is 0 Å². The van der Waals surface area contributed by atoms with E-state index in [0.717, 1.165) is 26.2 Å². The van der Waals surface area contributed by atoms with Crippen LogP contribution in [0.4, 0.5) is 0 Å². The molecule has 4 heteroatoms. The largest absolute Gasteiger partial charge is 0.313 e. The van der Waals surface area contributed by atoms with Crippen LogP contribution in [0.1, 0.15) is 12.0 Å². The molecule has 1 aromatic heterocycles. The van der Waals surface area contributed by atoms with E-state index in [0.29, 0.717) is 6.04 Å². The number of pyridine rings is 1. The van der Waals surface area contributed by atoms with Crippen LogP contribution in [0.2, 0.25) is 0 Å². The van der Waals surface area contributed by atoms with Gasteiger partial charge in [0.2, 0.25) is 0 Å². The number of nitrogens with zero attached hydrogens (tertiary/aromatic N) is 2. The van der Waals surface area contributed by atoms with Crippen molar-refractivity contribution in [3.05, 3.63) is 30.1 Å². The maximum Gasteiger partial charge on any atom is 0.0271 e. The molecule has 2 heterocycles. The highest BCUT2D eigenvalue weighted by atomic mass is 15.2. The lowest BCUT2D eigenvalue weighted by Gasteiger charge is -2.30. The van der Waals surface area contributed by atoms with Gasteiger partial charge < -0.3 is 15.5 Å². The average molecular weight is 234 g/mol. The van der Waals surface area contributed by atoms with Crippen LogP contribution in [0, 0.1) is 0 Å². The first-order valence-electron chi connectivity index (χ1n) is 6.36. The lowest BCUT2D eigenvalue weighted by Crippen LogP contribution is -2.49. The second kappa shape index (κ2) is 6.69. The molecular formula is C13H22N4. The Bertz CT molecular complexity index is 314. The van der Waals surface area contributed by atoms with Crippen LogP contribution >= 0.6 is 0 Å². The number of hydrogen-bond acceptors (Lipinski definition) is 4. The zero-order valence-corrected chi connectivity index (χ0v) is 10.5. The molecule has 0 aromatic carbocycles. The number of piperazine rings is 1. The summed E-state index contributed by atoms with van der Waals surface area (Å²) < 4.78 is 0. The highest BCUT2D eigenvalue weighted by Crippen LogP contribution is 2.00. The van der Waals surface area contributed by atoms with Gasteiger partial charge in [0.25, 0.3) is 0 Å². The molecule has 17 heavy (non-hydrogen) atoms. The van der Waals surface area contributed by atoms with Crippen LogP contribution in [-0.2, 0) is 6.54 Å². The zero-order valence-electron chi connectivity index (χ0n) is 10.5. The molecule has 1 aliphatic heterocycles. The molecule has 0 saturated carbocycles. The summed E-state index contributed by atoms with van der Waals surface area (Å²) in [6, 6.07) is 4.75. The van der Waals surface area contributed by atoms with Crippen LogP contribution in [0.3, 0.4) is 0 Å². The number of aromatic nitrogens is 1. The third-order valence-corrected chi connectivity index (χ3v) is 3.21. The van der Waals surface area contributed by atoms with E-state index in [4.69, 9.17) is 0 Å². The van der Waals surface area contributed by atoms with E-state index < -0.39 is 0 Å². The zero-order chi connectivity index (χ0) is 11.9. The smallest absolute Gasteiger partial charge is 0.0271 e. The van der Waals surface area contributed by atoms with Gasteiger partial charge in [-0.1, -0.05) is 0 Å². The first-order chi connectivity index (χ1) is 8.34. The van der Waals surface area contributed by atoms with Crippen molar-refractivity contribution in [2.45, 2.75) is 19.0 Å². The molecule has 94 valence electrons. The van der Waals surface area contributed by atoms with Crippen molar-refractivity contribution in [3.63, 3.8) is 0 Å². The van der Waals surface area contributed by atoms with Gasteiger partial charge in [-0.3, -0.25) is 4.98 Å². The molecule has 1 unspecified atom stereocenters. The molecule has 1 atom stereocenters. The summed E-state index contributed by atoms with van der Waals surface area (Å²) in [4.78, 5) is 6.40.